The van der Waals surface area contributed by atoms with Crippen molar-refractivity contribution in [3.05, 3.63) is 69.8 Å². The molecule has 152 valence electrons. The average Bonchev–Trinajstić information content (AvgIpc) is 3.06. The van der Waals surface area contributed by atoms with Crippen molar-refractivity contribution in [2.75, 3.05) is 7.11 Å². The molecule has 0 spiro atoms. The number of aliphatic hydroxyl groups is 1. The van der Waals surface area contributed by atoms with Gasteiger partial charge >= 0.3 is 6.18 Å². The highest BCUT2D eigenvalue weighted by molar-refractivity contribution is 6.05. The van der Waals surface area contributed by atoms with E-state index in [1.165, 1.54) is 43.5 Å². The maximum absolute atomic E-state index is 13.6. The predicted octanol–water partition coefficient (Wildman–Crippen LogP) is 3.10. The average molecular weight is 409 g/mol. The van der Waals surface area contributed by atoms with Crippen LogP contribution in [0.2, 0.25) is 0 Å². The van der Waals surface area contributed by atoms with Gasteiger partial charge in [0.2, 0.25) is 0 Å². The van der Waals surface area contributed by atoms with Crippen LogP contribution < -0.4 is 4.74 Å². The molecule has 0 bridgehead atoms. The second kappa shape index (κ2) is 7.17. The highest BCUT2D eigenvalue weighted by Crippen LogP contribution is 2.42. The van der Waals surface area contributed by atoms with Crippen LogP contribution >= 0.6 is 0 Å². The van der Waals surface area contributed by atoms with Gasteiger partial charge in [0.1, 0.15) is 5.75 Å². The van der Waals surface area contributed by atoms with Crippen LogP contribution in [0.4, 0.5) is 18.9 Å². The number of halogens is 3. The second-order valence-corrected chi connectivity index (χ2v) is 6.19. The summed E-state index contributed by atoms with van der Waals surface area (Å²) in [6.45, 7) is 0. The zero-order valence-corrected chi connectivity index (χ0v) is 14.9. The van der Waals surface area contributed by atoms with Gasteiger partial charge in [-0.1, -0.05) is 0 Å². The summed E-state index contributed by atoms with van der Waals surface area (Å²) in [5, 5.41) is 24.8. The molecule has 1 amide bonds. The molecule has 1 N–H and O–H groups in total. The van der Waals surface area contributed by atoms with Crippen molar-refractivity contribution in [2.24, 2.45) is 5.10 Å². The molecule has 3 rings (SSSR count). The molecule has 2 aromatic rings. The van der Waals surface area contributed by atoms with E-state index in [9.17, 15) is 33.2 Å². The smallest absolute Gasteiger partial charge is 0.438 e. The van der Waals surface area contributed by atoms with Gasteiger partial charge in [0.05, 0.1) is 24.2 Å². The standard InChI is InChI=1S/C18H14F3N3O5/c1-29-14-8-4-12(5-9-14)16(25)23-17(26,18(19,20)21)10-15(22-23)11-2-6-13(7-3-11)24(27)28/h2-9,26H,10H2,1H3/t17-/m1/s1. The molecule has 0 aliphatic carbocycles. The van der Waals surface area contributed by atoms with Gasteiger partial charge in [-0.3, -0.25) is 14.9 Å². The Balaban J connectivity index is 2.00. The number of rotatable bonds is 4. The molecule has 0 unspecified atom stereocenters. The number of nitrogens with zero attached hydrogens (tertiary/aromatic N) is 3. The van der Waals surface area contributed by atoms with Crippen molar-refractivity contribution < 1.29 is 32.7 Å². The van der Waals surface area contributed by atoms with Gasteiger partial charge in [-0.05, 0) is 42.0 Å². The number of nitro groups is 1. The van der Waals surface area contributed by atoms with Gasteiger partial charge in [-0.2, -0.15) is 23.3 Å². The number of carbonyl (C=O) groups excluding carboxylic acids is 1. The first-order valence-electron chi connectivity index (χ1n) is 8.17. The number of amides is 1. The lowest BCUT2D eigenvalue weighted by atomic mass is 10.0. The first-order chi connectivity index (χ1) is 13.6. The van der Waals surface area contributed by atoms with Crippen molar-refractivity contribution in [3.63, 3.8) is 0 Å². The van der Waals surface area contributed by atoms with Crippen molar-refractivity contribution in [1.29, 1.82) is 0 Å². The van der Waals surface area contributed by atoms with Gasteiger partial charge in [-0.15, -0.1) is 0 Å². The number of ether oxygens (including phenoxy) is 1. The van der Waals surface area contributed by atoms with E-state index in [4.69, 9.17) is 4.74 Å². The first-order valence-corrected chi connectivity index (χ1v) is 8.17. The third kappa shape index (κ3) is 3.63. The molecule has 2 aromatic carbocycles. The normalized spacial score (nSPS) is 19.1. The van der Waals surface area contributed by atoms with Crippen LogP contribution in [0.15, 0.2) is 53.6 Å². The van der Waals surface area contributed by atoms with E-state index in [2.05, 4.69) is 5.10 Å². The molecule has 0 saturated carbocycles. The molecule has 29 heavy (non-hydrogen) atoms. The summed E-state index contributed by atoms with van der Waals surface area (Å²) in [5.74, 6) is -0.770. The lowest BCUT2D eigenvalue weighted by Crippen LogP contribution is -2.56. The fourth-order valence-corrected chi connectivity index (χ4v) is 2.77. The maximum Gasteiger partial charge on any atom is 0.438 e. The quantitative estimate of drug-likeness (QED) is 0.617. The molecule has 8 nitrogen and oxygen atoms in total. The Morgan fingerprint density at radius 2 is 1.79 bits per heavy atom. The van der Waals surface area contributed by atoms with Crippen molar-refractivity contribution in [1.82, 2.24) is 5.01 Å². The molecule has 1 atom stereocenters. The van der Waals surface area contributed by atoms with Crippen LogP contribution in [0.25, 0.3) is 0 Å². The van der Waals surface area contributed by atoms with Crippen molar-refractivity contribution in [3.8, 4) is 5.75 Å². The molecule has 0 aromatic heterocycles. The van der Waals surface area contributed by atoms with Crippen molar-refractivity contribution >= 4 is 17.3 Å². The molecule has 1 aliphatic heterocycles. The minimum absolute atomic E-state index is 0.00838. The summed E-state index contributed by atoms with van der Waals surface area (Å²) in [6.07, 6.45) is -6.21. The van der Waals surface area contributed by atoms with Crippen LogP contribution in [0, 0.1) is 10.1 Å². The van der Waals surface area contributed by atoms with E-state index in [-0.39, 0.29) is 27.5 Å². The number of hydrogen-bond donors (Lipinski definition) is 1. The number of alkyl halides is 3. The summed E-state index contributed by atoms with van der Waals surface area (Å²) < 4.78 is 45.8. The van der Waals surface area contributed by atoms with Crippen LogP contribution in [0.1, 0.15) is 22.3 Å². The highest BCUT2D eigenvalue weighted by atomic mass is 19.4. The SMILES string of the molecule is COc1ccc(C(=O)N2N=C(c3ccc([N+](=O)[O-])cc3)C[C@@]2(O)C(F)(F)F)cc1. The Bertz CT molecular complexity index is 974. The van der Waals surface area contributed by atoms with E-state index < -0.39 is 29.2 Å². The van der Waals surface area contributed by atoms with Gasteiger partial charge in [0.15, 0.2) is 0 Å². The molecular weight excluding hydrogens is 395 g/mol. The number of non-ortho nitro benzene ring substituents is 1. The fourth-order valence-electron chi connectivity index (χ4n) is 2.77. The lowest BCUT2D eigenvalue weighted by molar-refractivity contribution is -0.384. The Hall–Kier alpha value is -3.47. The zero-order valence-electron chi connectivity index (χ0n) is 14.9. The molecule has 0 saturated heterocycles. The highest BCUT2D eigenvalue weighted by Gasteiger charge is 2.63. The third-order valence-corrected chi connectivity index (χ3v) is 4.38. The summed E-state index contributed by atoms with van der Waals surface area (Å²) in [6, 6.07) is 9.86. The number of hydrogen-bond acceptors (Lipinski definition) is 6. The minimum atomic E-state index is -5.19. The summed E-state index contributed by atoms with van der Waals surface area (Å²) in [4.78, 5) is 22.7. The Morgan fingerprint density at radius 1 is 1.21 bits per heavy atom. The maximum atomic E-state index is 13.6. The summed E-state index contributed by atoms with van der Waals surface area (Å²) >= 11 is 0. The van der Waals surface area contributed by atoms with Crippen LogP contribution in [-0.4, -0.2) is 45.7 Å². The van der Waals surface area contributed by atoms with E-state index in [1.807, 2.05) is 0 Å². The zero-order chi connectivity index (χ0) is 21.4. The molecule has 1 heterocycles. The largest absolute Gasteiger partial charge is 0.497 e. The number of carbonyl (C=O) groups is 1. The van der Waals surface area contributed by atoms with E-state index in [0.29, 0.717) is 5.75 Å². The van der Waals surface area contributed by atoms with Gasteiger partial charge in [0.25, 0.3) is 17.3 Å². The van der Waals surface area contributed by atoms with E-state index >= 15 is 0 Å². The van der Waals surface area contributed by atoms with Crippen molar-refractivity contribution in [2.45, 2.75) is 18.3 Å². The van der Waals surface area contributed by atoms with Crippen LogP contribution in [0.3, 0.4) is 0 Å². The van der Waals surface area contributed by atoms with Crippen LogP contribution in [-0.2, 0) is 0 Å². The Labute approximate surface area is 162 Å². The van der Waals surface area contributed by atoms with Gasteiger partial charge in [-0.25, -0.2) is 0 Å². The van der Waals surface area contributed by atoms with Gasteiger partial charge in [0, 0.05) is 17.7 Å². The van der Waals surface area contributed by atoms with Crippen LogP contribution in [0.5, 0.6) is 5.75 Å². The molecule has 1 aliphatic rings. The first kappa shape index (κ1) is 20.3. The number of methoxy groups -OCH3 is 1. The molecule has 11 heteroatoms. The van der Waals surface area contributed by atoms with E-state index in [0.717, 1.165) is 12.1 Å². The van der Waals surface area contributed by atoms with Gasteiger partial charge < -0.3 is 9.84 Å². The monoisotopic (exact) mass is 409 g/mol. The number of hydrazone groups is 1. The summed E-state index contributed by atoms with van der Waals surface area (Å²) in [7, 11) is 1.39. The number of benzene rings is 2. The third-order valence-electron chi connectivity index (χ3n) is 4.38. The molecule has 0 fully saturated rings. The Morgan fingerprint density at radius 3 is 2.28 bits per heavy atom. The molecule has 0 radical (unpaired) electrons. The minimum Gasteiger partial charge on any atom is -0.497 e. The lowest BCUT2D eigenvalue weighted by Gasteiger charge is -2.32. The number of nitro benzene ring substituents is 1. The summed E-state index contributed by atoms with van der Waals surface area (Å²) in [5.41, 5.74) is -4.07. The second-order valence-electron chi connectivity index (χ2n) is 6.19. The molecular formula is C18H14F3N3O5. The van der Waals surface area contributed by atoms with E-state index in [1.54, 1.807) is 0 Å². The topological polar surface area (TPSA) is 105 Å². The fraction of sp³-hybridized carbons (Fsp3) is 0.222. The Kier molecular flexibility index (Phi) is 5.01. The predicted molar refractivity (Wildman–Crippen MR) is 94.4 cm³/mol.